The van der Waals surface area contributed by atoms with E-state index in [2.05, 4.69) is 5.32 Å². The highest BCUT2D eigenvalue weighted by Gasteiger charge is 2.30. The predicted molar refractivity (Wildman–Crippen MR) is 91.5 cm³/mol. The molecule has 4 nitrogen and oxygen atoms in total. The van der Waals surface area contributed by atoms with Crippen LogP contribution in [-0.4, -0.2) is 30.8 Å². The number of carbonyl (C=O) groups is 2. The highest BCUT2D eigenvalue weighted by Crippen LogP contribution is 2.29. The van der Waals surface area contributed by atoms with Gasteiger partial charge in [0.05, 0.1) is 12.0 Å². The molecule has 0 aromatic heterocycles. The summed E-state index contributed by atoms with van der Waals surface area (Å²) in [7, 11) is 3.12. The van der Waals surface area contributed by atoms with Crippen LogP contribution in [0.5, 0.6) is 0 Å². The number of nitrogens with one attached hydrogen (secondary N) is 1. The zero-order valence-corrected chi connectivity index (χ0v) is 14.4. The van der Waals surface area contributed by atoms with Crippen molar-refractivity contribution in [1.29, 1.82) is 0 Å². The van der Waals surface area contributed by atoms with E-state index in [-0.39, 0.29) is 18.2 Å². The molecule has 2 aromatic carbocycles. The van der Waals surface area contributed by atoms with Crippen LogP contribution in [0.4, 0.5) is 13.2 Å². The van der Waals surface area contributed by atoms with Gasteiger partial charge in [-0.05, 0) is 29.3 Å². The van der Waals surface area contributed by atoms with Crippen molar-refractivity contribution in [3.05, 3.63) is 70.8 Å². The molecule has 0 unspecified atom stereocenters. The van der Waals surface area contributed by atoms with Crippen LogP contribution in [0.2, 0.25) is 0 Å². The van der Waals surface area contributed by atoms with E-state index in [0.717, 1.165) is 17.7 Å². The van der Waals surface area contributed by atoms with Gasteiger partial charge in [0.15, 0.2) is 0 Å². The molecule has 0 aliphatic heterocycles. The Hall–Kier alpha value is -2.83. The number of likely N-dealkylation sites (N-methyl/N-ethyl adjacent to an activating group) is 1. The van der Waals surface area contributed by atoms with Gasteiger partial charge in [-0.3, -0.25) is 9.59 Å². The van der Waals surface area contributed by atoms with E-state index in [1.165, 1.54) is 24.1 Å². The third-order valence-corrected chi connectivity index (χ3v) is 3.90. The number of rotatable bonds is 5. The molecule has 1 N–H and O–H groups in total. The Kier molecular flexibility index (Phi) is 6.02. The summed E-state index contributed by atoms with van der Waals surface area (Å²) in [5.41, 5.74) is 0.869. The summed E-state index contributed by atoms with van der Waals surface area (Å²) < 4.78 is 38.2. The zero-order valence-electron chi connectivity index (χ0n) is 14.4. The molecule has 0 spiro atoms. The molecule has 0 bridgehead atoms. The lowest BCUT2D eigenvalue weighted by Crippen LogP contribution is -2.27. The van der Waals surface area contributed by atoms with Gasteiger partial charge in [0.2, 0.25) is 5.91 Å². The second kappa shape index (κ2) is 8.03. The van der Waals surface area contributed by atoms with Crippen molar-refractivity contribution in [2.75, 3.05) is 14.1 Å². The molecular weight excluding hydrogens is 345 g/mol. The fraction of sp³-hybridized carbons (Fsp3) is 0.263. The summed E-state index contributed by atoms with van der Waals surface area (Å²) in [4.78, 5) is 25.2. The Bertz CT molecular complexity index is 786. The molecule has 0 fully saturated rings. The lowest BCUT2D eigenvalue weighted by molar-refractivity contribution is -0.138. The van der Waals surface area contributed by atoms with Crippen molar-refractivity contribution in [3.63, 3.8) is 0 Å². The predicted octanol–water partition coefficient (Wildman–Crippen LogP) is 3.27. The van der Waals surface area contributed by atoms with Crippen LogP contribution in [0, 0.1) is 0 Å². The molecule has 2 aromatic rings. The summed E-state index contributed by atoms with van der Waals surface area (Å²) in [5, 5.41) is 2.52. The molecule has 0 saturated heterocycles. The van der Waals surface area contributed by atoms with Crippen molar-refractivity contribution >= 4 is 11.8 Å². The van der Waals surface area contributed by atoms with E-state index in [1.807, 2.05) is 0 Å². The maximum atomic E-state index is 12.7. The van der Waals surface area contributed by atoms with Gasteiger partial charge in [0.1, 0.15) is 0 Å². The molecule has 7 heteroatoms. The zero-order chi connectivity index (χ0) is 19.3. The Morgan fingerprint density at radius 2 is 1.69 bits per heavy atom. The van der Waals surface area contributed by atoms with Crippen molar-refractivity contribution in [3.8, 4) is 0 Å². The smallest absolute Gasteiger partial charge is 0.355 e. The van der Waals surface area contributed by atoms with Crippen molar-refractivity contribution in [2.24, 2.45) is 0 Å². The van der Waals surface area contributed by atoms with Gasteiger partial charge in [0.25, 0.3) is 5.91 Å². The topological polar surface area (TPSA) is 49.4 Å². The van der Waals surface area contributed by atoms with Crippen molar-refractivity contribution < 1.29 is 22.8 Å². The summed E-state index contributed by atoms with van der Waals surface area (Å²) in [6.45, 7) is 0.297. The van der Waals surface area contributed by atoms with Gasteiger partial charge in [-0.15, -0.1) is 0 Å². The summed E-state index contributed by atoms with van der Waals surface area (Å²) in [6, 6.07) is 11.5. The number of hydrogen-bond donors (Lipinski definition) is 1. The van der Waals surface area contributed by atoms with Gasteiger partial charge >= 0.3 is 6.18 Å². The minimum Gasteiger partial charge on any atom is -0.355 e. The van der Waals surface area contributed by atoms with Gasteiger partial charge in [-0.1, -0.05) is 30.3 Å². The molecule has 0 atom stereocenters. The van der Waals surface area contributed by atoms with Crippen LogP contribution in [0.1, 0.15) is 27.0 Å². The number of hydrogen-bond acceptors (Lipinski definition) is 2. The van der Waals surface area contributed by atoms with Crippen LogP contribution >= 0.6 is 0 Å². The largest absolute Gasteiger partial charge is 0.416 e. The minimum atomic E-state index is -4.43. The monoisotopic (exact) mass is 364 g/mol. The molecule has 0 heterocycles. The quantitative estimate of drug-likeness (QED) is 0.885. The summed E-state index contributed by atoms with van der Waals surface area (Å²) in [6.07, 6.45) is -4.55. The van der Waals surface area contributed by atoms with E-state index in [1.54, 1.807) is 31.3 Å². The number of nitrogens with zero attached hydrogens (tertiary/aromatic N) is 1. The van der Waals surface area contributed by atoms with E-state index >= 15 is 0 Å². The minimum absolute atomic E-state index is 0.114. The van der Waals surface area contributed by atoms with Crippen molar-refractivity contribution in [2.45, 2.75) is 19.1 Å². The number of halogens is 3. The number of carbonyl (C=O) groups excluding carboxylic acids is 2. The highest BCUT2D eigenvalue weighted by molar-refractivity contribution is 5.93. The lowest BCUT2D eigenvalue weighted by Gasteiger charge is -2.18. The molecule has 2 amide bonds. The van der Waals surface area contributed by atoms with Crippen LogP contribution < -0.4 is 5.32 Å². The molecule has 0 aliphatic carbocycles. The second-order valence-electron chi connectivity index (χ2n) is 5.90. The standard InChI is InChI=1S/C19H19F3N2O2/c1-23-18(26)15-8-6-13(7-9-15)12-24(2)17(25)11-14-4-3-5-16(10-14)19(20,21)22/h3-10H,11-12H2,1-2H3,(H,23,26). The molecule has 2 rings (SSSR count). The first-order valence-electron chi connectivity index (χ1n) is 7.92. The molecule has 0 aliphatic rings. The SMILES string of the molecule is CNC(=O)c1ccc(CN(C)C(=O)Cc2cccc(C(F)(F)F)c2)cc1. The Balaban J connectivity index is 2.00. The molecule has 138 valence electrons. The molecule has 0 saturated carbocycles. The number of benzene rings is 2. The first kappa shape index (κ1) is 19.5. The van der Waals surface area contributed by atoms with Crippen LogP contribution in [0.25, 0.3) is 0 Å². The van der Waals surface area contributed by atoms with E-state index in [4.69, 9.17) is 0 Å². The van der Waals surface area contributed by atoms with Crippen molar-refractivity contribution in [1.82, 2.24) is 10.2 Å². The van der Waals surface area contributed by atoms with E-state index in [9.17, 15) is 22.8 Å². The van der Waals surface area contributed by atoms with Gasteiger partial charge in [0, 0.05) is 26.2 Å². The summed E-state index contributed by atoms with van der Waals surface area (Å²) >= 11 is 0. The third-order valence-electron chi connectivity index (χ3n) is 3.90. The van der Waals surface area contributed by atoms with Gasteiger partial charge in [-0.25, -0.2) is 0 Å². The first-order valence-corrected chi connectivity index (χ1v) is 7.92. The Labute approximate surface area is 149 Å². The fourth-order valence-corrected chi connectivity index (χ4v) is 2.44. The third kappa shape index (κ3) is 5.08. The highest BCUT2D eigenvalue weighted by atomic mass is 19.4. The number of alkyl halides is 3. The van der Waals surface area contributed by atoms with Crippen LogP contribution in [0.3, 0.4) is 0 Å². The average molecular weight is 364 g/mol. The fourth-order valence-electron chi connectivity index (χ4n) is 2.44. The molecular formula is C19H19F3N2O2. The van der Waals surface area contributed by atoms with Crippen LogP contribution in [0.15, 0.2) is 48.5 Å². The number of amides is 2. The molecule has 26 heavy (non-hydrogen) atoms. The van der Waals surface area contributed by atoms with Crippen LogP contribution in [-0.2, 0) is 23.9 Å². The lowest BCUT2D eigenvalue weighted by atomic mass is 10.1. The maximum Gasteiger partial charge on any atom is 0.416 e. The normalized spacial score (nSPS) is 11.1. The maximum absolute atomic E-state index is 12.7. The van der Waals surface area contributed by atoms with E-state index < -0.39 is 11.7 Å². The first-order chi connectivity index (χ1) is 12.2. The Morgan fingerprint density at radius 1 is 1.04 bits per heavy atom. The average Bonchev–Trinajstić information content (AvgIpc) is 2.61. The molecule has 0 radical (unpaired) electrons. The van der Waals surface area contributed by atoms with E-state index in [0.29, 0.717) is 17.7 Å². The summed E-state index contributed by atoms with van der Waals surface area (Å²) in [5.74, 6) is -0.495. The van der Waals surface area contributed by atoms with Gasteiger partial charge < -0.3 is 10.2 Å². The second-order valence-corrected chi connectivity index (χ2v) is 5.90. The van der Waals surface area contributed by atoms with Gasteiger partial charge in [-0.2, -0.15) is 13.2 Å². The Morgan fingerprint density at radius 3 is 2.27 bits per heavy atom.